The van der Waals surface area contributed by atoms with Gasteiger partial charge in [0.1, 0.15) is 5.75 Å². The number of halogens is 1. The van der Waals surface area contributed by atoms with E-state index in [1.54, 1.807) is 6.07 Å². The van der Waals surface area contributed by atoms with Gasteiger partial charge in [-0.1, -0.05) is 25.1 Å². The number of anilines is 1. The van der Waals surface area contributed by atoms with Gasteiger partial charge >= 0.3 is 0 Å². The number of nitrogens with one attached hydrogen (secondary N) is 1. The van der Waals surface area contributed by atoms with Crippen molar-refractivity contribution in [3.8, 4) is 5.75 Å². The zero-order chi connectivity index (χ0) is 17.5. The molecule has 1 atom stereocenters. The molecule has 24 heavy (non-hydrogen) atoms. The van der Waals surface area contributed by atoms with Crippen LogP contribution < -0.4 is 10.1 Å². The van der Waals surface area contributed by atoms with Crippen LogP contribution in [0, 0.1) is 5.82 Å². The van der Waals surface area contributed by atoms with Crippen LogP contribution in [0.1, 0.15) is 18.1 Å². The maximum Gasteiger partial charge on any atom is 0.237 e. The smallest absolute Gasteiger partial charge is 0.237 e. The topological polar surface area (TPSA) is 55.4 Å². The van der Waals surface area contributed by atoms with Gasteiger partial charge in [0.15, 0.2) is 11.6 Å². The number of carbonyl (C=O) groups is 1. The zero-order valence-electron chi connectivity index (χ0n) is 13.7. The quantitative estimate of drug-likeness (QED) is 0.834. The molecule has 2 rings (SSSR count). The van der Waals surface area contributed by atoms with E-state index in [-0.39, 0.29) is 23.2 Å². The average molecular weight is 349 g/mol. The summed E-state index contributed by atoms with van der Waals surface area (Å²) in [4.78, 5) is 11.9. The Morgan fingerprint density at radius 2 is 1.83 bits per heavy atom. The van der Waals surface area contributed by atoms with E-state index in [0.29, 0.717) is 11.3 Å². The maximum atomic E-state index is 13.6. The predicted molar refractivity (Wildman–Crippen MR) is 94.1 cm³/mol. The highest BCUT2D eigenvalue weighted by Crippen LogP contribution is 2.18. The van der Waals surface area contributed by atoms with E-state index >= 15 is 0 Å². The Balaban J connectivity index is 1.89. The van der Waals surface area contributed by atoms with Gasteiger partial charge in [-0.2, -0.15) is 0 Å². The van der Waals surface area contributed by atoms with Crippen molar-refractivity contribution in [1.82, 2.24) is 0 Å². The third kappa shape index (κ3) is 5.16. The Hall–Kier alpha value is -2.21. The highest BCUT2D eigenvalue weighted by Gasteiger charge is 2.11. The van der Waals surface area contributed by atoms with Crippen molar-refractivity contribution in [2.75, 3.05) is 18.2 Å². The first-order valence-corrected chi connectivity index (χ1v) is 9.06. The lowest BCUT2D eigenvalue weighted by atomic mass is 10.1. The van der Waals surface area contributed by atoms with Gasteiger partial charge in [-0.05, 0) is 41.8 Å². The molecule has 128 valence electrons. The molecule has 0 aromatic heterocycles. The minimum atomic E-state index is -1.42. The molecule has 1 amide bonds. The van der Waals surface area contributed by atoms with E-state index in [4.69, 9.17) is 4.74 Å². The number of amides is 1. The molecule has 0 aliphatic heterocycles. The number of methoxy groups -OCH3 is 1. The van der Waals surface area contributed by atoms with Gasteiger partial charge in [0.25, 0.3) is 0 Å². The highest BCUT2D eigenvalue weighted by molar-refractivity contribution is 7.84. The summed E-state index contributed by atoms with van der Waals surface area (Å²) in [5.41, 5.74) is 2.41. The zero-order valence-corrected chi connectivity index (χ0v) is 14.5. The first kappa shape index (κ1) is 18.1. The maximum absolute atomic E-state index is 13.6. The summed E-state index contributed by atoms with van der Waals surface area (Å²) >= 11 is 0. The summed E-state index contributed by atoms with van der Waals surface area (Å²) in [5, 5.41) is 2.71. The molecule has 0 radical (unpaired) electrons. The van der Waals surface area contributed by atoms with Crippen LogP contribution in [-0.2, 0) is 27.8 Å². The van der Waals surface area contributed by atoms with Crippen molar-refractivity contribution in [3.63, 3.8) is 0 Å². The van der Waals surface area contributed by atoms with Crippen molar-refractivity contribution in [2.24, 2.45) is 0 Å². The number of hydrogen-bond donors (Lipinski definition) is 1. The van der Waals surface area contributed by atoms with Crippen LogP contribution in [0.15, 0.2) is 42.5 Å². The van der Waals surface area contributed by atoms with Gasteiger partial charge < -0.3 is 10.1 Å². The van der Waals surface area contributed by atoms with Gasteiger partial charge in [-0.3, -0.25) is 9.00 Å². The fourth-order valence-corrected chi connectivity index (χ4v) is 3.22. The van der Waals surface area contributed by atoms with Gasteiger partial charge in [0.2, 0.25) is 5.91 Å². The Bertz CT molecular complexity index is 732. The number of benzene rings is 2. The molecule has 1 unspecified atom stereocenters. The van der Waals surface area contributed by atoms with Crippen LogP contribution in [0.4, 0.5) is 10.1 Å². The average Bonchev–Trinajstić information content (AvgIpc) is 2.55. The molecule has 0 fully saturated rings. The summed E-state index contributed by atoms with van der Waals surface area (Å²) < 4.78 is 30.5. The van der Waals surface area contributed by atoms with E-state index in [2.05, 4.69) is 12.2 Å². The van der Waals surface area contributed by atoms with Crippen molar-refractivity contribution >= 4 is 22.4 Å². The first-order chi connectivity index (χ1) is 11.5. The van der Waals surface area contributed by atoms with Gasteiger partial charge in [-0.15, -0.1) is 0 Å². The van der Waals surface area contributed by atoms with Gasteiger partial charge in [-0.25, -0.2) is 4.39 Å². The molecule has 0 aliphatic rings. The third-order valence-electron chi connectivity index (χ3n) is 3.48. The van der Waals surface area contributed by atoms with Crippen LogP contribution in [-0.4, -0.2) is 23.0 Å². The van der Waals surface area contributed by atoms with Crippen molar-refractivity contribution in [1.29, 1.82) is 0 Å². The molecular formula is C18H20FNO3S. The molecule has 0 saturated carbocycles. The summed E-state index contributed by atoms with van der Waals surface area (Å²) in [6.45, 7) is 2.05. The van der Waals surface area contributed by atoms with E-state index < -0.39 is 16.6 Å². The Morgan fingerprint density at radius 3 is 2.42 bits per heavy atom. The van der Waals surface area contributed by atoms with Crippen LogP contribution >= 0.6 is 0 Å². The molecule has 0 aliphatic carbocycles. The van der Waals surface area contributed by atoms with Gasteiger partial charge in [0, 0.05) is 22.2 Å². The number of rotatable bonds is 7. The molecular weight excluding hydrogens is 329 g/mol. The number of hydrogen-bond acceptors (Lipinski definition) is 3. The Labute approximate surface area is 143 Å². The fourth-order valence-electron chi connectivity index (χ4n) is 2.20. The summed E-state index contributed by atoms with van der Waals surface area (Å²) in [7, 11) is -0.0345. The molecule has 1 N–H and O–H groups in total. The lowest BCUT2D eigenvalue weighted by Gasteiger charge is -2.07. The normalized spacial score (nSPS) is 11.8. The van der Waals surface area contributed by atoms with Crippen LogP contribution in [0.25, 0.3) is 0 Å². The largest absolute Gasteiger partial charge is 0.494 e. The van der Waals surface area contributed by atoms with E-state index in [1.165, 1.54) is 24.8 Å². The van der Waals surface area contributed by atoms with Crippen molar-refractivity contribution in [3.05, 3.63) is 59.4 Å². The summed E-state index contributed by atoms with van der Waals surface area (Å²) in [6.07, 6.45) is 0.927. The molecule has 0 spiro atoms. The molecule has 2 aromatic carbocycles. The van der Waals surface area contributed by atoms with Crippen LogP contribution in [0.2, 0.25) is 0 Å². The fraction of sp³-hybridized carbons (Fsp3) is 0.278. The Morgan fingerprint density at radius 1 is 1.17 bits per heavy atom. The number of ether oxygens (including phenoxy) is 1. The molecule has 0 saturated heterocycles. The second-order valence-corrected chi connectivity index (χ2v) is 6.75. The van der Waals surface area contributed by atoms with Crippen LogP contribution in [0.3, 0.4) is 0 Å². The second kappa shape index (κ2) is 8.59. The highest BCUT2D eigenvalue weighted by atomic mass is 32.2. The SMILES string of the molecule is CCc1ccc(NC(=O)CS(=O)Cc2ccc(OC)c(F)c2)cc1. The number of aryl methyl sites for hydroxylation is 1. The molecule has 0 bridgehead atoms. The van der Waals surface area contributed by atoms with Crippen molar-refractivity contribution in [2.45, 2.75) is 19.1 Å². The minimum Gasteiger partial charge on any atom is -0.494 e. The lowest BCUT2D eigenvalue weighted by Crippen LogP contribution is -2.20. The lowest BCUT2D eigenvalue weighted by molar-refractivity contribution is -0.113. The standard InChI is InChI=1S/C18H20FNO3S/c1-3-13-4-7-15(8-5-13)20-18(21)12-24(22)11-14-6-9-17(23-2)16(19)10-14/h4-10H,3,11-12H2,1-2H3,(H,20,21). The predicted octanol–water partition coefficient (Wildman–Crippen LogP) is 3.28. The van der Waals surface area contributed by atoms with Crippen molar-refractivity contribution < 1.29 is 18.1 Å². The minimum absolute atomic E-state index is 0.114. The summed E-state index contributed by atoms with van der Waals surface area (Å²) in [6, 6.07) is 11.9. The molecule has 6 heteroatoms. The van der Waals surface area contributed by atoms with Crippen LogP contribution in [0.5, 0.6) is 5.75 Å². The van der Waals surface area contributed by atoms with E-state index in [0.717, 1.165) is 6.42 Å². The number of carbonyl (C=O) groups excluding carboxylic acids is 1. The first-order valence-electron chi connectivity index (χ1n) is 7.58. The Kier molecular flexibility index (Phi) is 6.49. The van der Waals surface area contributed by atoms with E-state index in [1.807, 2.05) is 24.3 Å². The molecule has 4 nitrogen and oxygen atoms in total. The third-order valence-corrected chi connectivity index (χ3v) is 4.72. The summed E-state index contributed by atoms with van der Waals surface area (Å²) in [5.74, 6) is -0.719. The monoisotopic (exact) mass is 349 g/mol. The van der Waals surface area contributed by atoms with Gasteiger partial charge in [0.05, 0.1) is 7.11 Å². The molecule has 0 heterocycles. The molecule has 2 aromatic rings. The second-order valence-electron chi connectivity index (χ2n) is 5.30. The van der Waals surface area contributed by atoms with E-state index in [9.17, 15) is 13.4 Å².